The second-order valence-electron chi connectivity index (χ2n) is 13.2. The van der Waals surface area contributed by atoms with Crippen LogP contribution >= 0.6 is 0 Å². The minimum atomic E-state index is -1.02. The third kappa shape index (κ3) is 7.08. The molecule has 0 spiro atoms. The lowest BCUT2D eigenvalue weighted by atomic mass is 10.0. The summed E-state index contributed by atoms with van der Waals surface area (Å²) in [5, 5.41) is 11.2. The summed E-state index contributed by atoms with van der Waals surface area (Å²) >= 11 is 0. The number of rotatable bonds is 11. The first-order valence-electron chi connectivity index (χ1n) is 17.2. The predicted octanol–water partition coefficient (Wildman–Crippen LogP) is 3.43. The van der Waals surface area contributed by atoms with Crippen molar-refractivity contribution in [2.24, 2.45) is 0 Å². The van der Waals surface area contributed by atoms with E-state index in [9.17, 15) is 28.8 Å². The summed E-state index contributed by atoms with van der Waals surface area (Å²) < 4.78 is 0. The van der Waals surface area contributed by atoms with Gasteiger partial charge in [-0.3, -0.25) is 43.9 Å². The van der Waals surface area contributed by atoms with Gasteiger partial charge in [0.2, 0.25) is 11.8 Å². The summed E-state index contributed by atoms with van der Waals surface area (Å²) in [6.07, 6.45) is 3.12. The number of H-pyrrole nitrogens is 1. The number of imide groups is 2. The summed E-state index contributed by atoms with van der Waals surface area (Å²) in [6.45, 7) is 4.92. The Balaban J connectivity index is 0.861. The number of benzene rings is 3. The van der Waals surface area contributed by atoms with E-state index < -0.39 is 29.7 Å². The maximum absolute atomic E-state index is 13.0. The largest absolute Gasteiger partial charge is 0.385 e. The molecular weight excluding hydrogens is 652 g/mol. The van der Waals surface area contributed by atoms with Crippen LogP contribution in [0.25, 0.3) is 11.0 Å². The van der Waals surface area contributed by atoms with E-state index >= 15 is 0 Å². The lowest BCUT2D eigenvalue weighted by molar-refractivity contribution is -0.136. The van der Waals surface area contributed by atoms with E-state index in [1.807, 2.05) is 18.2 Å². The van der Waals surface area contributed by atoms with Gasteiger partial charge in [-0.15, -0.1) is 0 Å². The molecule has 7 rings (SSSR count). The van der Waals surface area contributed by atoms with Crippen molar-refractivity contribution < 1.29 is 28.8 Å². The lowest BCUT2D eigenvalue weighted by Gasteiger charge is -2.27. The van der Waals surface area contributed by atoms with E-state index in [1.165, 1.54) is 12.8 Å². The molecule has 0 radical (unpaired) electrons. The van der Waals surface area contributed by atoms with Gasteiger partial charge in [0.05, 0.1) is 28.7 Å². The maximum atomic E-state index is 13.0. The first-order valence-corrected chi connectivity index (χ1v) is 17.2. The molecule has 3 aliphatic heterocycles. The number of nitrogens with one attached hydrogen (secondary N) is 5. The number of hydrogen-bond donors (Lipinski definition) is 5. The summed E-state index contributed by atoms with van der Waals surface area (Å²) in [4.78, 5) is 86.9. The van der Waals surface area contributed by atoms with Crippen molar-refractivity contribution in [1.29, 1.82) is 0 Å². The zero-order chi connectivity index (χ0) is 35.6. The molecule has 3 aliphatic rings. The first kappa shape index (κ1) is 33.6. The standard InChI is InChI=1S/C37H38N8O6/c1-21-4-2-17-44(21)20-31-41-28-12-10-25(19-29(28)42-31)40-34(48)23-7-5-22(6-8-23)33(47)39-16-3-15-38-24-9-11-26-27(18-24)37(51)45(36(26)50)30-13-14-32(46)43-35(30)49/h5-12,18-19,21,30,38H,2-4,13-17,20H2,1H3,(H,39,47)(H,40,48)(H,41,42)(H,43,46,49)/t21-,30?/m0/s1. The molecule has 1 aromatic heterocycles. The average molecular weight is 691 g/mol. The molecule has 6 amide bonds. The van der Waals surface area contributed by atoms with E-state index in [1.54, 1.807) is 42.5 Å². The molecule has 2 atom stereocenters. The van der Waals surface area contributed by atoms with E-state index in [-0.39, 0.29) is 35.8 Å². The third-order valence-corrected chi connectivity index (χ3v) is 9.65. The highest BCUT2D eigenvalue weighted by Crippen LogP contribution is 2.29. The van der Waals surface area contributed by atoms with E-state index in [2.05, 4.69) is 38.1 Å². The molecule has 4 aromatic rings. The molecule has 51 heavy (non-hydrogen) atoms. The van der Waals surface area contributed by atoms with Gasteiger partial charge in [0.25, 0.3) is 23.6 Å². The Kier molecular flexibility index (Phi) is 9.32. The highest BCUT2D eigenvalue weighted by molar-refractivity contribution is 6.23. The second kappa shape index (κ2) is 14.2. The number of carbonyl (C=O) groups excluding carboxylic acids is 6. The SMILES string of the molecule is C[C@H]1CCCN1Cc1nc2cc(NC(=O)c3ccc(C(=O)NCCCNc4ccc5c(c4)C(=O)N(C4CCC(=O)NC4=O)C5=O)cc3)ccc2[nH]1. The zero-order valence-electron chi connectivity index (χ0n) is 28.1. The van der Waals surface area contributed by atoms with Crippen molar-refractivity contribution >= 4 is 57.9 Å². The van der Waals surface area contributed by atoms with Gasteiger partial charge < -0.3 is 20.9 Å². The van der Waals surface area contributed by atoms with Crippen molar-refractivity contribution in [3.8, 4) is 0 Å². The van der Waals surface area contributed by atoms with Gasteiger partial charge in [-0.25, -0.2) is 4.98 Å². The molecule has 0 saturated carbocycles. The smallest absolute Gasteiger partial charge is 0.262 e. The fourth-order valence-corrected chi connectivity index (χ4v) is 6.81. The molecule has 4 heterocycles. The summed E-state index contributed by atoms with van der Waals surface area (Å²) in [7, 11) is 0. The van der Waals surface area contributed by atoms with Crippen molar-refractivity contribution in [2.45, 2.75) is 57.7 Å². The molecule has 2 saturated heterocycles. The quantitative estimate of drug-likeness (QED) is 0.116. The number of fused-ring (bicyclic) bond motifs is 2. The highest BCUT2D eigenvalue weighted by Gasteiger charge is 2.44. The number of hydrogen-bond acceptors (Lipinski definition) is 9. The zero-order valence-corrected chi connectivity index (χ0v) is 28.1. The molecule has 2 fully saturated rings. The number of carbonyl (C=O) groups is 6. The Labute approximate surface area is 293 Å². The van der Waals surface area contributed by atoms with Crippen LogP contribution in [0.3, 0.4) is 0 Å². The van der Waals surface area contributed by atoms with Gasteiger partial charge in [-0.1, -0.05) is 0 Å². The summed E-state index contributed by atoms with van der Waals surface area (Å²) in [5.41, 5.74) is 4.17. The number of aromatic nitrogens is 2. The molecule has 0 aliphatic carbocycles. The number of piperidine rings is 1. The van der Waals surface area contributed by atoms with Gasteiger partial charge in [0.15, 0.2) is 0 Å². The predicted molar refractivity (Wildman–Crippen MR) is 188 cm³/mol. The molecule has 262 valence electrons. The molecule has 0 bridgehead atoms. The molecule has 14 heteroatoms. The second-order valence-corrected chi connectivity index (χ2v) is 13.2. The van der Waals surface area contributed by atoms with Crippen molar-refractivity contribution in [2.75, 3.05) is 30.3 Å². The number of anilines is 2. The Bertz CT molecular complexity index is 2060. The van der Waals surface area contributed by atoms with Crippen LogP contribution in [0.5, 0.6) is 0 Å². The number of aromatic amines is 1. The molecule has 14 nitrogen and oxygen atoms in total. The Morgan fingerprint density at radius 2 is 1.61 bits per heavy atom. The number of nitrogens with zero attached hydrogens (tertiary/aromatic N) is 3. The number of likely N-dealkylation sites (tertiary alicyclic amines) is 1. The van der Waals surface area contributed by atoms with Crippen LogP contribution in [0.2, 0.25) is 0 Å². The van der Waals surface area contributed by atoms with Crippen LogP contribution < -0.4 is 21.3 Å². The van der Waals surface area contributed by atoms with Crippen LogP contribution in [0, 0.1) is 0 Å². The van der Waals surface area contributed by atoms with Crippen LogP contribution in [0.15, 0.2) is 60.7 Å². The van der Waals surface area contributed by atoms with E-state index in [0.29, 0.717) is 48.1 Å². The average Bonchev–Trinajstić information content (AvgIpc) is 3.79. The summed E-state index contributed by atoms with van der Waals surface area (Å²) in [6, 6.07) is 16.3. The van der Waals surface area contributed by atoms with Crippen molar-refractivity contribution in [3.63, 3.8) is 0 Å². The Morgan fingerprint density at radius 1 is 0.863 bits per heavy atom. The van der Waals surface area contributed by atoms with Crippen molar-refractivity contribution in [3.05, 3.63) is 88.7 Å². The Hall–Kier alpha value is -5.89. The fraction of sp³-hybridized carbons (Fsp3) is 0.324. The van der Waals surface area contributed by atoms with Crippen LogP contribution in [-0.2, 0) is 16.1 Å². The molecule has 1 unspecified atom stereocenters. The molecule has 3 aromatic carbocycles. The third-order valence-electron chi connectivity index (χ3n) is 9.65. The van der Waals surface area contributed by atoms with Gasteiger partial charge in [0, 0.05) is 48.1 Å². The minimum Gasteiger partial charge on any atom is -0.385 e. The molecular formula is C37H38N8O6. The minimum absolute atomic E-state index is 0.0556. The van der Waals surface area contributed by atoms with Crippen molar-refractivity contribution in [1.82, 2.24) is 30.4 Å². The van der Waals surface area contributed by atoms with E-state index in [0.717, 1.165) is 34.8 Å². The number of amides is 6. The lowest BCUT2D eigenvalue weighted by Crippen LogP contribution is -2.54. The van der Waals surface area contributed by atoms with Gasteiger partial charge >= 0.3 is 0 Å². The molecule has 5 N–H and O–H groups in total. The van der Waals surface area contributed by atoms with Gasteiger partial charge in [-0.05, 0) is 99.8 Å². The van der Waals surface area contributed by atoms with Crippen LogP contribution in [-0.4, -0.2) is 86.9 Å². The topological polar surface area (TPSA) is 186 Å². The highest BCUT2D eigenvalue weighted by atomic mass is 16.2. The van der Waals surface area contributed by atoms with Gasteiger partial charge in [0.1, 0.15) is 11.9 Å². The Morgan fingerprint density at radius 3 is 2.35 bits per heavy atom. The van der Waals surface area contributed by atoms with E-state index in [4.69, 9.17) is 4.98 Å². The normalized spacial score (nSPS) is 19.0. The van der Waals surface area contributed by atoms with Crippen LogP contribution in [0.4, 0.5) is 11.4 Å². The number of imidazole rings is 1. The first-order chi connectivity index (χ1) is 24.6. The fourth-order valence-electron chi connectivity index (χ4n) is 6.81. The monoisotopic (exact) mass is 690 g/mol. The maximum Gasteiger partial charge on any atom is 0.262 e. The summed E-state index contributed by atoms with van der Waals surface area (Å²) in [5.74, 6) is -1.88. The van der Waals surface area contributed by atoms with Crippen LogP contribution in [0.1, 0.15) is 86.3 Å². The van der Waals surface area contributed by atoms with Gasteiger partial charge in [-0.2, -0.15) is 0 Å².